The third-order valence-corrected chi connectivity index (χ3v) is 4.45. The molecule has 3 rings (SSSR count). The first-order valence-corrected chi connectivity index (χ1v) is 8.18. The molecule has 0 saturated carbocycles. The first kappa shape index (κ1) is 15.3. The summed E-state index contributed by atoms with van der Waals surface area (Å²) in [5, 5.41) is 8.10. The van der Waals surface area contributed by atoms with E-state index in [1.807, 2.05) is 6.92 Å². The molecule has 0 radical (unpaired) electrons. The largest absolute Gasteiger partial charge is 0.384 e. The smallest absolute Gasteiger partial charge is 0.205 e. The van der Waals surface area contributed by atoms with Gasteiger partial charge in [-0.2, -0.15) is 9.47 Å². The highest BCUT2D eigenvalue weighted by atomic mass is 32.1. The van der Waals surface area contributed by atoms with Gasteiger partial charge in [0.15, 0.2) is 5.82 Å². The Morgan fingerprint density at radius 1 is 1.18 bits per heavy atom. The molecule has 0 unspecified atom stereocenters. The lowest BCUT2D eigenvalue weighted by Gasteiger charge is -2.33. The van der Waals surface area contributed by atoms with Crippen molar-refractivity contribution in [3.8, 4) is 0 Å². The van der Waals surface area contributed by atoms with E-state index in [0.29, 0.717) is 6.61 Å². The molecule has 1 aliphatic rings. The Hall–Kier alpha value is -1.58. The molecule has 22 heavy (non-hydrogen) atoms. The monoisotopic (exact) mass is 323 g/mol. The van der Waals surface area contributed by atoms with Gasteiger partial charge in [-0.05, 0) is 6.92 Å². The fraction of sp³-hybridized carbons (Fsp3) is 0.692. The summed E-state index contributed by atoms with van der Waals surface area (Å²) in [7, 11) is 1.70. The maximum absolute atomic E-state index is 5.06. The number of anilines is 1. The van der Waals surface area contributed by atoms with Gasteiger partial charge in [0, 0.05) is 51.2 Å². The molecule has 0 aliphatic carbocycles. The minimum atomic E-state index is 0.667. The Morgan fingerprint density at radius 2 is 2.00 bits per heavy atom. The topological polar surface area (TPSA) is 83.1 Å². The molecule has 2 aromatic rings. The standard InChI is InChI=1S/C13H21N7OS/c1-10-14-12(17-16-10)9-19-4-6-20(7-5-19)13-15-11(18-22-13)3-8-21-2/h3-9H2,1-2H3,(H,14,16,17). The molecule has 0 amide bonds. The summed E-state index contributed by atoms with van der Waals surface area (Å²) >= 11 is 1.48. The van der Waals surface area contributed by atoms with Crippen LogP contribution in [0.25, 0.3) is 0 Å². The van der Waals surface area contributed by atoms with E-state index in [9.17, 15) is 0 Å². The molecule has 1 N–H and O–H groups in total. The van der Waals surface area contributed by atoms with Crippen LogP contribution in [0.2, 0.25) is 0 Å². The zero-order chi connectivity index (χ0) is 15.4. The molecule has 3 heterocycles. The molecule has 9 heteroatoms. The summed E-state index contributed by atoms with van der Waals surface area (Å²) in [6.07, 6.45) is 0.775. The van der Waals surface area contributed by atoms with Gasteiger partial charge in [-0.15, -0.1) is 0 Å². The number of piperazine rings is 1. The van der Waals surface area contributed by atoms with Crippen LogP contribution in [0.1, 0.15) is 17.5 Å². The summed E-state index contributed by atoms with van der Waals surface area (Å²) in [5.74, 6) is 2.61. The second-order valence-electron chi connectivity index (χ2n) is 5.34. The molecule has 120 valence electrons. The third kappa shape index (κ3) is 3.79. The average Bonchev–Trinajstić information content (AvgIpc) is 3.15. The van der Waals surface area contributed by atoms with E-state index in [4.69, 9.17) is 4.74 Å². The predicted molar refractivity (Wildman–Crippen MR) is 84.1 cm³/mol. The van der Waals surface area contributed by atoms with Crippen molar-refractivity contribution >= 4 is 16.7 Å². The molecule has 8 nitrogen and oxygen atoms in total. The maximum atomic E-state index is 5.06. The van der Waals surface area contributed by atoms with Crippen molar-refractivity contribution in [3.05, 3.63) is 17.5 Å². The van der Waals surface area contributed by atoms with Crippen LogP contribution in [0.15, 0.2) is 0 Å². The van der Waals surface area contributed by atoms with Gasteiger partial charge in [0.05, 0.1) is 13.2 Å². The molecule has 0 spiro atoms. The Balaban J connectivity index is 1.49. The Bertz CT molecular complexity index is 591. The van der Waals surface area contributed by atoms with E-state index in [1.165, 1.54) is 11.5 Å². The summed E-state index contributed by atoms with van der Waals surface area (Å²) in [6.45, 7) is 7.28. The van der Waals surface area contributed by atoms with Crippen LogP contribution in [0.5, 0.6) is 0 Å². The van der Waals surface area contributed by atoms with Gasteiger partial charge >= 0.3 is 0 Å². The van der Waals surface area contributed by atoms with Crippen molar-refractivity contribution in [3.63, 3.8) is 0 Å². The van der Waals surface area contributed by atoms with Crippen molar-refractivity contribution in [2.45, 2.75) is 19.9 Å². The van der Waals surface area contributed by atoms with E-state index < -0.39 is 0 Å². The van der Waals surface area contributed by atoms with Gasteiger partial charge in [0.1, 0.15) is 11.6 Å². The van der Waals surface area contributed by atoms with E-state index in [-0.39, 0.29) is 0 Å². The molecular weight excluding hydrogens is 302 g/mol. The molecule has 0 atom stereocenters. The van der Waals surface area contributed by atoms with Gasteiger partial charge < -0.3 is 9.64 Å². The Kier molecular flexibility index (Phi) is 4.96. The van der Waals surface area contributed by atoms with Gasteiger partial charge in [0.2, 0.25) is 5.13 Å². The van der Waals surface area contributed by atoms with Crippen molar-refractivity contribution < 1.29 is 4.74 Å². The first-order chi connectivity index (χ1) is 10.7. The summed E-state index contributed by atoms with van der Waals surface area (Å²) < 4.78 is 9.45. The zero-order valence-corrected chi connectivity index (χ0v) is 13.8. The van der Waals surface area contributed by atoms with Gasteiger partial charge in [-0.1, -0.05) is 0 Å². The molecule has 0 bridgehead atoms. The van der Waals surface area contributed by atoms with Crippen LogP contribution in [0.3, 0.4) is 0 Å². The lowest BCUT2D eigenvalue weighted by Crippen LogP contribution is -2.46. The van der Waals surface area contributed by atoms with Crippen LogP contribution < -0.4 is 4.90 Å². The fourth-order valence-corrected chi connectivity index (χ4v) is 3.19. The lowest BCUT2D eigenvalue weighted by molar-refractivity contribution is 0.201. The molecular formula is C13H21N7OS. The zero-order valence-electron chi connectivity index (χ0n) is 12.9. The molecule has 1 saturated heterocycles. The lowest BCUT2D eigenvalue weighted by atomic mass is 10.3. The van der Waals surface area contributed by atoms with Gasteiger partial charge in [-0.3, -0.25) is 10.00 Å². The summed E-state index contributed by atoms with van der Waals surface area (Å²) in [5.41, 5.74) is 0. The maximum Gasteiger partial charge on any atom is 0.205 e. The predicted octanol–water partition coefficient (Wildman–Crippen LogP) is 0.476. The number of ether oxygens (including phenoxy) is 1. The van der Waals surface area contributed by atoms with E-state index >= 15 is 0 Å². The number of nitrogens with one attached hydrogen (secondary N) is 1. The number of aryl methyl sites for hydroxylation is 1. The van der Waals surface area contributed by atoms with Gasteiger partial charge in [0.25, 0.3) is 0 Å². The summed E-state index contributed by atoms with van der Waals surface area (Å²) in [4.78, 5) is 13.6. The van der Waals surface area contributed by atoms with Crippen LogP contribution in [0.4, 0.5) is 5.13 Å². The number of methoxy groups -OCH3 is 1. The average molecular weight is 323 g/mol. The number of rotatable bonds is 6. The Labute approximate surface area is 133 Å². The second kappa shape index (κ2) is 7.12. The number of aromatic nitrogens is 5. The number of hydrogen-bond acceptors (Lipinski definition) is 8. The van der Waals surface area contributed by atoms with E-state index in [0.717, 1.165) is 61.7 Å². The quantitative estimate of drug-likeness (QED) is 0.827. The number of H-pyrrole nitrogens is 1. The van der Waals surface area contributed by atoms with Crippen LogP contribution in [-0.2, 0) is 17.7 Å². The number of aromatic amines is 1. The third-order valence-electron chi connectivity index (χ3n) is 3.64. The Morgan fingerprint density at radius 3 is 2.68 bits per heavy atom. The highest BCUT2D eigenvalue weighted by molar-refractivity contribution is 7.09. The minimum absolute atomic E-state index is 0.667. The van der Waals surface area contributed by atoms with Gasteiger partial charge in [-0.25, -0.2) is 9.97 Å². The number of nitrogens with zero attached hydrogens (tertiary/aromatic N) is 6. The normalized spacial score (nSPS) is 16.4. The minimum Gasteiger partial charge on any atom is -0.384 e. The highest BCUT2D eigenvalue weighted by Crippen LogP contribution is 2.19. The SMILES string of the molecule is COCCc1nsc(N2CCN(Cc3n[nH]c(C)n3)CC2)n1. The second-order valence-corrected chi connectivity index (χ2v) is 6.07. The van der Waals surface area contributed by atoms with E-state index in [2.05, 4.69) is 34.3 Å². The summed E-state index contributed by atoms with van der Waals surface area (Å²) in [6, 6.07) is 0. The van der Waals surface area contributed by atoms with Crippen molar-refractivity contribution in [2.75, 3.05) is 44.8 Å². The molecule has 2 aromatic heterocycles. The van der Waals surface area contributed by atoms with Crippen LogP contribution >= 0.6 is 11.5 Å². The first-order valence-electron chi connectivity index (χ1n) is 7.41. The number of hydrogen-bond donors (Lipinski definition) is 1. The highest BCUT2D eigenvalue weighted by Gasteiger charge is 2.21. The fourth-order valence-electron chi connectivity index (χ4n) is 2.43. The van der Waals surface area contributed by atoms with Crippen molar-refractivity contribution in [1.29, 1.82) is 0 Å². The van der Waals surface area contributed by atoms with Crippen molar-refractivity contribution in [1.82, 2.24) is 29.4 Å². The van der Waals surface area contributed by atoms with E-state index in [1.54, 1.807) is 7.11 Å². The molecule has 1 aliphatic heterocycles. The van der Waals surface area contributed by atoms with Crippen LogP contribution in [0, 0.1) is 6.92 Å². The molecule has 0 aromatic carbocycles. The molecule has 1 fully saturated rings. The van der Waals surface area contributed by atoms with Crippen molar-refractivity contribution in [2.24, 2.45) is 0 Å². The van der Waals surface area contributed by atoms with Crippen LogP contribution in [-0.4, -0.2) is 69.3 Å².